The minimum absolute atomic E-state index is 0.0123. The Bertz CT molecular complexity index is 744. The Kier molecular flexibility index (Phi) is 6.52. The molecule has 0 aliphatic carbocycles. The Morgan fingerprint density at radius 2 is 1.56 bits per heavy atom. The van der Waals surface area contributed by atoms with Gasteiger partial charge in [0.15, 0.2) is 0 Å². The molecule has 0 heterocycles. The van der Waals surface area contributed by atoms with Crippen LogP contribution in [0.15, 0.2) is 78.9 Å². The predicted octanol–water partition coefficient (Wildman–Crippen LogP) is 7.44. The molecule has 0 unspecified atom stereocenters. The lowest BCUT2D eigenvalue weighted by atomic mass is 9.84. The summed E-state index contributed by atoms with van der Waals surface area (Å²) in [7, 11) is 0. The maximum Gasteiger partial charge on any atom is 0.123 e. The summed E-state index contributed by atoms with van der Waals surface area (Å²) in [5, 5.41) is 0. The number of halogens is 1. The highest BCUT2D eigenvalue weighted by atomic mass is 19.1. The summed E-state index contributed by atoms with van der Waals surface area (Å²) in [6, 6.07) is 14.9. The standard InChI is InChI=1S/C24H27F/c1-5-24(4,17-6-7-19(2)3)18-16-20-8-10-21(11-9-20)22-12-14-23(25)15-13-22/h5,7-16,18H,1,6,17H2,2-4H3/b18-16+/t24-/m1/s1. The Hall–Kier alpha value is -2.41. The molecule has 2 aromatic carbocycles. The van der Waals surface area contributed by atoms with Crippen LogP contribution in [0.25, 0.3) is 17.2 Å². The van der Waals surface area contributed by atoms with E-state index in [0.29, 0.717) is 0 Å². The molecule has 0 bridgehead atoms. The highest BCUT2D eigenvalue weighted by Gasteiger charge is 2.14. The van der Waals surface area contributed by atoms with Gasteiger partial charge in [0.2, 0.25) is 0 Å². The van der Waals surface area contributed by atoms with Crippen LogP contribution in [0, 0.1) is 11.2 Å². The second-order valence-corrected chi connectivity index (χ2v) is 6.99. The summed E-state index contributed by atoms with van der Waals surface area (Å²) in [6.07, 6.45) is 10.8. The molecule has 1 atom stereocenters. The average molecular weight is 334 g/mol. The van der Waals surface area contributed by atoms with Crippen LogP contribution in [-0.4, -0.2) is 0 Å². The van der Waals surface area contributed by atoms with Crippen LogP contribution < -0.4 is 0 Å². The Morgan fingerprint density at radius 3 is 2.08 bits per heavy atom. The molecule has 0 saturated heterocycles. The van der Waals surface area contributed by atoms with Gasteiger partial charge >= 0.3 is 0 Å². The molecular formula is C24H27F. The Balaban J connectivity index is 2.08. The molecule has 0 aliphatic heterocycles. The molecule has 0 radical (unpaired) electrons. The minimum Gasteiger partial charge on any atom is -0.207 e. The third kappa shape index (κ3) is 5.86. The van der Waals surface area contributed by atoms with Crippen LogP contribution >= 0.6 is 0 Å². The minimum atomic E-state index is -0.208. The van der Waals surface area contributed by atoms with Crippen molar-refractivity contribution in [3.8, 4) is 11.1 Å². The molecule has 0 nitrogen and oxygen atoms in total. The van der Waals surface area contributed by atoms with Crippen molar-refractivity contribution in [1.29, 1.82) is 0 Å². The first kappa shape index (κ1) is 18.9. The second kappa shape index (κ2) is 8.62. The van der Waals surface area contributed by atoms with Gasteiger partial charge in [-0.15, -0.1) is 6.58 Å². The van der Waals surface area contributed by atoms with Gasteiger partial charge in [-0.1, -0.05) is 73.2 Å². The zero-order valence-corrected chi connectivity index (χ0v) is 15.4. The van der Waals surface area contributed by atoms with Crippen LogP contribution in [0.3, 0.4) is 0 Å². The second-order valence-electron chi connectivity index (χ2n) is 6.99. The summed E-state index contributed by atoms with van der Waals surface area (Å²) >= 11 is 0. The molecule has 25 heavy (non-hydrogen) atoms. The van der Waals surface area contributed by atoms with Crippen molar-refractivity contribution in [1.82, 2.24) is 0 Å². The quantitative estimate of drug-likeness (QED) is 0.461. The van der Waals surface area contributed by atoms with Gasteiger partial charge in [-0.05, 0) is 55.5 Å². The lowest BCUT2D eigenvalue weighted by Crippen LogP contribution is -2.08. The van der Waals surface area contributed by atoms with Crippen LogP contribution in [0.4, 0.5) is 4.39 Å². The summed E-state index contributed by atoms with van der Waals surface area (Å²) < 4.78 is 13.0. The molecule has 0 amide bonds. The van der Waals surface area contributed by atoms with Gasteiger partial charge in [0.05, 0.1) is 0 Å². The van der Waals surface area contributed by atoms with Crippen LogP contribution in [0.2, 0.25) is 0 Å². The van der Waals surface area contributed by atoms with E-state index in [0.717, 1.165) is 29.5 Å². The van der Waals surface area contributed by atoms with Gasteiger partial charge < -0.3 is 0 Å². The summed E-state index contributed by atoms with van der Waals surface area (Å²) in [6.45, 7) is 10.5. The molecule has 0 N–H and O–H groups in total. The molecule has 1 heteroatoms. The average Bonchev–Trinajstić information content (AvgIpc) is 2.61. The normalized spacial score (nSPS) is 13.4. The summed E-state index contributed by atoms with van der Waals surface area (Å²) in [5.74, 6) is -0.208. The van der Waals surface area contributed by atoms with Crippen molar-refractivity contribution in [3.05, 3.63) is 90.3 Å². The Labute approximate surface area is 151 Å². The van der Waals surface area contributed by atoms with Crippen molar-refractivity contribution in [2.24, 2.45) is 5.41 Å². The van der Waals surface area contributed by atoms with Gasteiger partial charge in [-0.25, -0.2) is 4.39 Å². The van der Waals surface area contributed by atoms with Crippen molar-refractivity contribution in [2.45, 2.75) is 33.6 Å². The fourth-order valence-corrected chi connectivity index (χ4v) is 2.64. The largest absolute Gasteiger partial charge is 0.207 e. The van der Waals surface area contributed by atoms with Crippen molar-refractivity contribution in [3.63, 3.8) is 0 Å². The van der Waals surface area contributed by atoms with E-state index in [1.54, 1.807) is 12.1 Å². The van der Waals surface area contributed by atoms with E-state index in [1.807, 2.05) is 6.08 Å². The van der Waals surface area contributed by atoms with Gasteiger partial charge in [0.25, 0.3) is 0 Å². The monoisotopic (exact) mass is 334 g/mol. The first-order valence-corrected chi connectivity index (χ1v) is 8.74. The van der Waals surface area contributed by atoms with E-state index >= 15 is 0 Å². The topological polar surface area (TPSA) is 0 Å². The number of benzene rings is 2. The summed E-state index contributed by atoms with van der Waals surface area (Å²) in [5.41, 5.74) is 4.61. The predicted molar refractivity (Wildman–Crippen MR) is 108 cm³/mol. The summed E-state index contributed by atoms with van der Waals surface area (Å²) in [4.78, 5) is 0. The molecule has 0 saturated carbocycles. The molecule has 0 aromatic heterocycles. The zero-order valence-electron chi connectivity index (χ0n) is 15.4. The highest BCUT2D eigenvalue weighted by molar-refractivity contribution is 5.65. The zero-order chi connectivity index (χ0) is 18.3. The first-order valence-electron chi connectivity index (χ1n) is 8.74. The van der Waals surface area contributed by atoms with E-state index in [9.17, 15) is 4.39 Å². The SMILES string of the molecule is C=C[C@@](C)(/C=C/c1ccc(-c2ccc(F)cc2)cc1)CCC=C(C)C. The van der Waals surface area contributed by atoms with E-state index in [1.165, 1.54) is 17.7 Å². The van der Waals surface area contributed by atoms with Gasteiger partial charge in [0.1, 0.15) is 5.82 Å². The van der Waals surface area contributed by atoms with Crippen LogP contribution in [0.1, 0.15) is 39.2 Å². The highest BCUT2D eigenvalue weighted by Crippen LogP contribution is 2.28. The molecular weight excluding hydrogens is 307 g/mol. The number of hydrogen-bond acceptors (Lipinski definition) is 0. The number of allylic oxidation sites excluding steroid dienone is 4. The van der Waals surface area contributed by atoms with E-state index in [-0.39, 0.29) is 11.2 Å². The number of hydrogen-bond donors (Lipinski definition) is 0. The molecule has 0 fully saturated rings. The lowest BCUT2D eigenvalue weighted by molar-refractivity contribution is 0.508. The van der Waals surface area contributed by atoms with E-state index < -0.39 is 0 Å². The fourth-order valence-electron chi connectivity index (χ4n) is 2.64. The Morgan fingerprint density at radius 1 is 1.00 bits per heavy atom. The van der Waals surface area contributed by atoms with Crippen LogP contribution in [-0.2, 0) is 0 Å². The molecule has 2 aromatic rings. The number of rotatable bonds is 7. The van der Waals surface area contributed by atoms with Crippen molar-refractivity contribution >= 4 is 6.08 Å². The van der Waals surface area contributed by atoms with Gasteiger partial charge in [0, 0.05) is 5.41 Å². The smallest absolute Gasteiger partial charge is 0.123 e. The van der Waals surface area contributed by atoms with Crippen molar-refractivity contribution < 1.29 is 4.39 Å². The first-order chi connectivity index (χ1) is 11.9. The third-order valence-electron chi connectivity index (χ3n) is 4.45. The molecule has 0 aliphatic rings. The fraction of sp³-hybridized carbons (Fsp3) is 0.250. The van der Waals surface area contributed by atoms with E-state index in [4.69, 9.17) is 0 Å². The van der Waals surface area contributed by atoms with Gasteiger partial charge in [-0.2, -0.15) is 0 Å². The molecule has 0 spiro atoms. The van der Waals surface area contributed by atoms with E-state index in [2.05, 4.69) is 69.8 Å². The molecule has 130 valence electrons. The molecule has 2 rings (SSSR count). The maximum absolute atomic E-state index is 13.0. The van der Waals surface area contributed by atoms with Crippen molar-refractivity contribution in [2.75, 3.05) is 0 Å². The van der Waals surface area contributed by atoms with Crippen LogP contribution in [0.5, 0.6) is 0 Å². The lowest BCUT2D eigenvalue weighted by Gasteiger charge is -2.20. The third-order valence-corrected chi connectivity index (χ3v) is 4.45. The van der Waals surface area contributed by atoms with Gasteiger partial charge in [-0.3, -0.25) is 0 Å². The maximum atomic E-state index is 13.0.